The molecule has 0 aromatic carbocycles. The van der Waals surface area contributed by atoms with Crippen molar-refractivity contribution in [1.29, 1.82) is 0 Å². The summed E-state index contributed by atoms with van der Waals surface area (Å²) in [7, 11) is 0. The molecule has 0 saturated carbocycles. The fourth-order valence-corrected chi connectivity index (χ4v) is 1.92. The number of hydrogen-bond donors (Lipinski definition) is 1. The number of Topliss-reactive ketones (excluding diaryl/α,β-unsaturated/α-hetero) is 1. The molecule has 1 aliphatic rings. The SMILES string of the molecule is O=C1CCSCC1=C(O)C(F)(F)F. The molecule has 1 N–H and O–H groups in total. The molecule has 0 amide bonds. The zero-order valence-corrected chi connectivity index (χ0v) is 7.34. The third-order valence-electron chi connectivity index (χ3n) is 1.61. The van der Waals surface area contributed by atoms with Gasteiger partial charge in [-0.05, 0) is 0 Å². The van der Waals surface area contributed by atoms with E-state index in [4.69, 9.17) is 5.11 Å². The van der Waals surface area contributed by atoms with Crippen LogP contribution in [0.3, 0.4) is 0 Å². The molecule has 0 aliphatic carbocycles. The van der Waals surface area contributed by atoms with E-state index in [1.165, 1.54) is 11.8 Å². The second-order valence-corrected chi connectivity index (χ2v) is 3.66. The van der Waals surface area contributed by atoms with Crippen molar-refractivity contribution < 1.29 is 23.1 Å². The van der Waals surface area contributed by atoms with Gasteiger partial charge in [-0.25, -0.2) is 0 Å². The van der Waals surface area contributed by atoms with Gasteiger partial charge in [0.15, 0.2) is 5.78 Å². The van der Waals surface area contributed by atoms with Crippen LogP contribution in [-0.2, 0) is 4.79 Å². The quantitative estimate of drug-likeness (QED) is 0.493. The van der Waals surface area contributed by atoms with Crippen molar-refractivity contribution in [2.24, 2.45) is 0 Å². The van der Waals surface area contributed by atoms with Crippen molar-refractivity contribution in [3.8, 4) is 0 Å². The Bertz CT molecular complexity index is 257. The smallest absolute Gasteiger partial charge is 0.449 e. The number of rotatable bonds is 0. The standard InChI is InChI=1S/C7H7F3O2S/c8-7(9,10)6(12)4-3-13-2-1-5(4)11/h12H,1-3H2. The second kappa shape index (κ2) is 3.61. The third kappa shape index (κ3) is 2.40. The van der Waals surface area contributed by atoms with E-state index in [0.29, 0.717) is 5.75 Å². The molecule has 0 unspecified atom stereocenters. The first-order valence-electron chi connectivity index (χ1n) is 3.53. The van der Waals surface area contributed by atoms with Crippen LogP contribution in [-0.4, -0.2) is 28.6 Å². The van der Waals surface area contributed by atoms with Gasteiger partial charge in [0.05, 0.1) is 5.57 Å². The van der Waals surface area contributed by atoms with Gasteiger partial charge in [0, 0.05) is 17.9 Å². The summed E-state index contributed by atoms with van der Waals surface area (Å²) in [5.74, 6) is -1.87. The molecule has 0 atom stereocenters. The maximum absolute atomic E-state index is 11.9. The van der Waals surface area contributed by atoms with Crippen LogP contribution in [0.15, 0.2) is 11.3 Å². The highest BCUT2D eigenvalue weighted by molar-refractivity contribution is 7.99. The van der Waals surface area contributed by atoms with Crippen molar-refractivity contribution in [2.75, 3.05) is 11.5 Å². The molecule has 6 heteroatoms. The fourth-order valence-electron chi connectivity index (χ4n) is 0.942. The normalized spacial score (nSPS) is 23.2. The number of halogens is 3. The van der Waals surface area contributed by atoms with Gasteiger partial charge in [-0.3, -0.25) is 4.79 Å². The predicted molar refractivity (Wildman–Crippen MR) is 42.7 cm³/mol. The molecule has 1 saturated heterocycles. The lowest BCUT2D eigenvalue weighted by molar-refractivity contribution is -0.127. The van der Waals surface area contributed by atoms with E-state index in [9.17, 15) is 18.0 Å². The Morgan fingerprint density at radius 2 is 2.08 bits per heavy atom. The molecule has 1 rings (SSSR count). The van der Waals surface area contributed by atoms with E-state index in [1.54, 1.807) is 0 Å². The monoisotopic (exact) mass is 212 g/mol. The largest absolute Gasteiger partial charge is 0.504 e. The van der Waals surface area contributed by atoms with E-state index in [1.807, 2.05) is 0 Å². The summed E-state index contributed by atoms with van der Waals surface area (Å²) < 4.78 is 35.8. The highest BCUT2D eigenvalue weighted by atomic mass is 32.2. The number of alkyl halides is 3. The van der Waals surface area contributed by atoms with Crippen molar-refractivity contribution in [3.63, 3.8) is 0 Å². The fraction of sp³-hybridized carbons (Fsp3) is 0.571. The summed E-state index contributed by atoms with van der Waals surface area (Å²) >= 11 is 1.21. The summed E-state index contributed by atoms with van der Waals surface area (Å²) in [5.41, 5.74) is -0.497. The summed E-state index contributed by atoms with van der Waals surface area (Å²) in [6.45, 7) is 0. The van der Waals surface area contributed by atoms with E-state index in [2.05, 4.69) is 0 Å². The van der Waals surface area contributed by atoms with E-state index >= 15 is 0 Å². The van der Waals surface area contributed by atoms with E-state index < -0.39 is 23.3 Å². The van der Waals surface area contributed by atoms with Crippen LogP contribution < -0.4 is 0 Å². The van der Waals surface area contributed by atoms with Crippen LogP contribution in [0.4, 0.5) is 13.2 Å². The molecule has 0 bridgehead atoms. The molecule has 13 heavy (non-hydrogen) atoms. The Morgan fingerprint density at radius 3 is 2.54 bits per heavy atom. The Hall–Kier alpha value is -0.650. The zero-order valence-electron chi connectivity index (χ0n) is 6.52. The number of carbonyl (C=O) groups excluding carboxylic acids is 1. The topological polar surface area (TPSA) is 37.3 Å². The van der Waals surface area contributed by atoms with Gasteiger partial charge in [-0.15, -0.1) is 0 Å². The second-order valence-electron chi connectivity index (χ2n) is 2.55. The third-order valence-corrected chi connectivity index (χ3v) is 2.60. The Kier molecular flexibility index (Phi) is 2.90. The summed E-state index contributed by atoms with van der Waals surface area (Å²) in [6.07, 6.45) is -4.73. The van der Waals surface area contributed by atoms with Crippen LogP contribution in [0.2, 0.25) is 0 Å². The van der Waals surface area contributed by atoms with Gasteiger partial charge < -0.3 is 5.11 Å². The van der Waals surface area contributed by atoms with Crippen molar-refractivity contribution in [2.45, 2.75) is 12.6 Å². The number of thioether (sulfide) groups is 1. The average molecular weight is 212 g/mol. The number of ketones is 1. The molecule has 2 nitrogen and oxygen atoms in total. The molecule has 1 aliphatic heterocycles. The van der Waals surface area contributed by atoms with Crippen LogP contribution in [0.5, 0.6) is 0 Å². The highest BCUT2D eigenvalue weighted by Crippen LogP contribution is 2.30. The van der Waals surface area contributed by atoms with Gasteiger partial charge in [-0.1, -0.05) is 0 Å². The first kappa shape index (κ1) is 10.4. The average Bonchev–Trinajstić information content (AvgIpc) is 2.02. The van der Waals surface area contributed by atoms with Crippen molar-refractivity contribution in [3.05, 3.63) is 11.3 Å². The molecule has 1 heterocycles. The molecule has 1 fully saturated rings. The van der Waals surface area contributed by atoms with E-state index in [0.717, 1.165) is 0 Å². The number of aliphatic hydroxyl groups is 1. The van der Waals surface area contributed by atoms with Gasteiger partial charge >= 0.3 is 6.18 Å². The summed E-state index contributed by atoms with van der Waals surface area (Å²) in [6, 6.07) is 0. The molecule has 0 aromatic rings. The molecule has 0 radical (unpaired) electrons. The lowest BCUT2D eigenvalue weighted by Crippen LogP contribution is -2.22. The number of allylic oxidation sites excluding steroid dienone is 1. The Labute approximate surface area is 76.8 Å². The number of carbonyl (C=O) groups is 1. The van der Waals surface area contributed by atoms with Crippen molar-refractivity contribution >= 4 is 17.5 Å². The van der Waals surface area contributed by atoms with Gasteiger partial charge in [0.1, 0.15) is 0 Å². The molecular weight excluding hydrogens is 205 g/mol. The lowest BCUT2D eigenvalue weighted by atomic mass is 10.1. The van der Waals surface area contributed by atoms with Gasteiger partial charge in [0.25, 0.3) is 0 Å². The minimum atomic E-state index is -4.80. The van der Waals surface area contributed by atoms with Crippen LogP contribution >= 0.6 is 11.8 Å². The van der Waals surface area contributed by atoms with Crippen LogP contribution in [0.25, 0.3) is 0 Å². The molecular formula is C7H7F3O2S. The number of hydrogen-bond acceptors (Lipinski definition) is 3. The van der Waals surface area contributed by atoms with Gasteiger partial charge in [0.2, 0.25) is 5.76 Å². The molecule has 74 valence electrons. The van der Waals surface area contributed by atoms with E-state index in [-0.39, 0.29) is 12.2 Å². The molecule has 0 spiro atoms. The first-order chi connectivity index (χ1) is 5.93. The Balaban J connectivity index is 2.94. The summed E-state index contributed by atoms with van der Waals surface area (Å²) in [5, 5.41) is 8.70. The minimum absolute atomic E-state index is 0.0514. The van der Waals surface area contributed by atoms with Crippen LogP contribution in [0, 0.1) is 0 Å². The maximum Gasteiger partial charge on any atom is 0.449 e. The van der Waals surface area contributed by atoms with Crippen molar-refractivity contribution in [1.82, 2.24) is 0 Å². The Morgan fingerprint density at radius 1 is 1.46 bits per heavy atom. The first-order valence-corrected chi connectivity index (χ1v) is 4.68. The summed E-state index contributed by atoms with van der Waals surface area (Å²) in [4.78, 5) is 11.0. The van der Waals surface area contributed by atoms with Crippen LogP contribution in [0.1, 0.15) is 6.42 Å². The predicted octanol–water partition coefficient (Wildman–Crippen LogP) is 2.07. The lowest BCUT2D eigenvalue weighted by Gasteiger charge is -2.15. The maximum atomic E-state index is 11.9. The van der Waals surface area contributed by atoms with Gasteiger partial charge in [-0.2, -0.15) is 24.9 Å². The minimum Gasteiger partial charge on any atom is -0.504 e. The highest BCUT2D eigenvalue weighted by Gasteiger charge is 2.38. The zero-order chi connectivity index (χ0) is 10.1. The molecule has 0 aromatic heterocycles. The number of aliphatic hydroxyl groups excluding tert-OH is 1.